The number of nitrogens with zero attached hydrogens (tertiary/aromatic N) is 1. The number of aliphatic hydroxyl groups excluding tert-OH is 1. The van der Waals surface area contributed by atoms with Crippen molar-refractivity contribution in [2.24, 2.45) is 17.8 Å². The SMILES string of the molecule is COCCOc1cccc(CNC(=O)N2C[C@@H]3C[C@H]4C[C@H]3[C@H]2[C@@H]4O)c1. The summed E-state index contributed by atoms with van der Waals surface area (Å²) in [4.78, 5) is 14.5. The van der Waals surface area contributed by atoms with Gasteiger partial charge in [-0.05, 0) is 48.3 Å². The van der Waals surface area contributed by atoms with Gasteiger partial charge < -0.3 is 24.8 Å². The van der Waals surface area contributed by atoms with E-state index in [0.29, 0.717) is 37.5 Å². The number of likely N-dealkylation sites (tertiary alicyclic amines) is 1. The fourth-order valence-electron chi connectivity index (χ4n) is 4.92. The van der Waals surface area contributed by atoms with E-state index < -0.39 is 0 Å². The monoisotopic (exact) mass is 346 g/mol. The number of aliphatic hydroxyl groups is 1. The minimum atomic E-state index is -0.341. The molecule has 1 saturated heterocycles. The summed E-state index contributed by atoms with van der Waals surface area (Å²) in [6.07, 6.45) is 1.82. The number of carbonyl (C=O) groups excluding carboxylic acids is 1. The fourth-order valence-corrected chi connectivity index (χ4v) is 4.92. The third kappa shape index (κ3) is 3.09. The predicted octanol–water partition coefficient (Wildman–Crippen LogP) is 1.62. The molecule has 0 spiro atoms. The molecule has 4 rings (SSSR count). The Morgan fingerprint density at radius 2 is 2.20 bits per heavy atom. The van der Waals surface area contributed by atoms with Crippen LogP contribution < -0.4 is 10.1 Å². The number of methoxy groups -OCH3 is 1. The Morgan fingerprint density at radius 1 is 1.32 bits per heavy atom. The Morgan fingerprint density at radius 3 is 3.00 bits per heavy atom. The Balaban J connectivity index is 1.33. The van der Waals surface area contributed by atoms with Crippen LogP contribution in [0.1, 0.15) is 18.4 Å². The van der Waals surface area contributed by atoms with Crippen LogP contribution in [0.2, 0.25) is 0 Å². The predicted molar refractivity (Wildman–Crippen MR) is 92.3 cm³/mol. The molecule has 6 heteroatoms. The molecule has 3 fully saturated rings. The number of urea groups is 1. The minimum absolute atomic E-state index is 0.0208. The van der Waals surface area contributed by atoms with Crippen molar-refractivity contribution in [1.29, 1.82) is 0 Å². The molecule has 0 radical (unpaired) electrons. The number of nitrogens with one attached hydrogen (secondary N) is 1. The van der Waals surface area contributed by atoms with E-state index in [1.54, 1.807) is 7.11 Å². The van der Waals surface area contributed by atoms with Crippen LogP contribution in [-0.4, -0.2) is 55.1 Å². The average molecular weight is 346 g/mol. The molecule has 1 aromatic carbocycles. The Kier molecular flexibility index (Phi) is 4.56. The maximum absolute atomic E-state index is 12.6. The van der Waals surface area contributed by atoms with E-state index in [0.717, 1.165) is 30.7 Å². The van der Waals surface area contributed by atoms with Gasteiger partial charge in [-0.2, -0.15) is 0 Å². The number of rotatable bonds is 6. The van der Waals surface area contributed by atoms with E-state index >= 15 is 0 Å². The van der Waals surface area contributed by atoms with Gasteiger partial charge in [-0.1, -0.05) is 12.1 Å². The van der Waals surface area contributed by atoms with Crippen LogP contribution in [0.25, 0.3) is 0 Å². The second-order valence-electron chi connectivity index (χ2n) is 7.44. The molecule has 1 heterocycles. The highest BCUT2D eigenvalue weighted by Crippen LogP contribution is 2.54. The first-order valence-electron chi connectivity index (χ1n) is 9.10. The fraction of sp³-hybridized carbons (Fsp3) is 0.632. The molecule has 5 atom stereocenters. The zero-order valence-corrected chi connectivity index (χ0v) is 14.6. The second kappa shape index (κ2) is 6.84. The second-order valence-corrected chi connectivity index (χ2v) is 7.44. The first kappa shape index (κ1) is 16.7. The van der Waals surface area contributed by atoms with Gasteiger partial charge in [-0.3, -0.25) is 0 Å². The van der Waals surface area contributed by atoms with E-state index in [9.17, 15) is 9.90 Å². The van der Waals surface area contributed by atoms with E-state index in [-0.39, 0.29) is 18.2 Å². The topological polar surface area (TPSA) is 71.0 Å². The molecule has 25 heavy (non-hydrogen) atoms. The van der Waals surface area contributed by atoms with Crippen LogP contribution in [-0.2, 0) is 11.3 Å². The highest BCUT2D eigenvalue weighted by atomic mass is 16.5. The molecule has 0 aromatic heterocycles. The zero-order valence-electron chi connectivity index (χ0n) is 14.6. The van der Waals surface area contributed by atoms with Gasteiger partial charge in [0.25, 0.3) is 0 Å². The molecular formula is C19H26N2O4. The summed E-state index contributed by atoms with van der Waals surface area (Å²) >= 11 is 0. The van der Waals surface area contributed by atoms with Gasteiger partial charge in [0.1, 0.15) is 12.4 Å². The van der Waals surface area contributed by atoms with Crippen LogP contribution in [0, 0.1) is 17.8 Å². The van der Waals surface area contributed by atoms with Crippen molar-refractivity contribution in [3.8, 4) is 5.75 Å². The molecule has 3 aliphatic rings. The number of benzene rings is 1. The van der Waals surface area contributed by atoms with Crippen LogP contribution >= 0.6 is 0 Å². The van der Waals surface area contributed by atoms with Crippen LogP contribution in [0.15, 0.2) is 24.3 Å². The van der Waals surface area contributed by atoms with Gasteiger partial charge in [-0.25, -0.2) is 4.79 Å². The number of ether oxygens (including phenoxy) is 2. The summed E-state index contributed by atoms with van der Waals surface area (Å²) in [5.41, 5.74) is 0.996. The molecule has 2 bridgehead atoms. The third-order valence-electron chi connectivity index (χ3n) is 6.01. The Hall–Kier alpha value is -1.79. The molecule has 2 aliphatic carbocycles. The van der Waals surface area contributed by atoms with Gasteiger partial charge in [0.15, 0.2) is 0 Å². The highest BCUT2D eigenvalue weighted by Gasteiger charge is 2.59. The Labute approximate surface area is 148 Å². The standard InChI is InChI=1S/C19H26N2O4/c1-24-5-6-25-15-4-2-3-12(7-15)10-20-19(23)21-11-14-8-13-9-16(14)17(21)18(13)22/h2-4,7,13-14,16-18,22H,5-6,8-11H2,1H3,(H,20,23)/t13-,14-,16+,17-,18+/m0/s1. The van der Waals surface area contributed by atoms with E-state index in [1.165, 1.54) is 0 Å². The third-order valence-corrected chi connectivity index (χ3v) is 6.01. The highest BCUT2D eigenvalue weighted by molar-refractivity contribution is 5.75. The van der Waals surface area contributed by atoms with Crippen LogP contribution in [0.3, 0.4) is 0 Å². The first-order valence-corrected chi connectivity index (χ1v) is 9.10. The molecule has 2 amide bonds. The summed E-state index contributed by atoms with van der Waals surface area (Å²) in [7, 11) is 1.64. The van der Waals surface area contributed by atoms with E-state index in [1.807, 2.05) is 29.2 Å². The Bertz CT molecular complexity index is 636. The quantitative estimate of drug-likeness (QED) is 0.768. The summed E-state index contributed by atoms with van der Waals surface area (Å²) in [5, 5.41) is 13.4. The number of amides is 2. The normalized spacial score (nSPS) is 32.2. The summed E-state index contributed by atoms with van der Waals surface area (Å²) in [5.74, 6) is 2.26. The van der Waals surface area contributed by atoms with Crippen molar-refractivity contribution < 1.29 is 19.4 Å². The van der Waals surface area contributed by atoms with Crippen molar-refractivity contribution in [3.05, 3.63) is 29.8 Å². The van der Waals surface area contributed by atoms with Gasteiger partial charge in [0.05, 0.1) is 18.8 Å². The number of hydrogen-bond donors (Lipinski definition) is 2. The smallest absolute Gasteiger partial charge is 0.318 e. The molecule has 6 nitrogen and oxygen atoms in total. The molecule has 2 N–H and O–H groups in total. The summed E-state index contributed by atoms with van der Waals surface area (Å²) < 4.78 is 10.6. The van der Waals surface area contributed by atoms with Crippen molar-refractivity contribution in [1.82, 2.24) is 10.2 Å². The molecule has 1 aromatic rings. The van der Waals surface area contributed by atoms with Crippen molar-refractivity contribution in [3.63, 3.8) is 0 Å². The number of hydrogen-bond acceptors (Lipinski definition) is 4. The van der Waals surface area contributed by atoms with E-state index in [2.05, 4.69) is 5.32 Å². The summed E-state index contributed by atoms with van der Waals surface area (Å²) in [6.45, 7) is 2.29. The van der Waals surface area contributed by atoms with Crippen molar-refractivity contribution in [2.75, 3.05) is 26.9 Å². The molecule has 2 saturated carbocycles. The lowest BCUT2D eigenvalue weighted by Crippen LogP contribution is -2.47. The molecular weight excluding hydrogens is 320 g/mol. The van der Waals surface area contributed by atoms with Gasteiger partial charge in [0.2, 0.25) is 0 Å². The van der Waals surface area contributed by atoms with Gasteiger partial charge in [0, 0.05) is 20.2 Å². The minimum Gasteiger partial charge on any atom is -0.491 e. The lowest BCUT2D eigenvalue weighted by molar-refractivity contribution is 0.0608. The molecule has 136 valence electrons. The van der Waals surface area contributed by atoms with Crippen LogP contribution in [0.4, 0.5) is 4.79 Å². The van der Waals surface area contributed by atoms with Crippen molar-refractivity contribution in [2.45, 2.75) is 31.5 Å². The number of fused-ring (bicyclic) bond motifs is 1. The molecule has 1 aliphatic heterocycles. The largest absolute Gasteiger partial charge is 0.491 e. The number of carbonyl (C=O) groups is 1. The molecule has 0 unspecified atom stereocenters. The van der Waals surface area contributed by atoms with Crippen molar-refractivity contribution >= 4 is 6.03 Å². The maximum Gasteiger partial charge on any atom is 0.318 e. The lowest BCUT2D eigenvalue weighted by atomic mass is 9.88. The summed E-state index contributed by atoms with van der Waals surface area (Å²) in [6, 6.07) is 7.68. The first-order chi connectivity index (χ1) is 12.2. The van der Waals surface area contributed by atoms with E-state index in [4.69, 9.17) is 9.47 Å². The maximum atomic E-state index is 12.6. The zero-order chi connectivity index (χ0) is 17.4. The van der Waals surface area contributed by atoms with Crippen LogP contribution in [0.5, 0.6) is 5.75 Å². The lowest BCUT2D eigenvalue weighted by Gasteiger charge is -2.29. The van der Waals surface area contributed by atoms with Gasteiger partial charge in [-0.15, -0.1) is 0 Å². The average Bonchev–Trinajstić information content (AvgIpc) is 3.23. The van der Waals surface area contributed by atoms with Gasteiger partial charge >= 0.3 is 6.03 Å².